The first-order chi connectivity index (χ1) is 43.8. The average Bonchev–Trinajstić information content (AvgIpc) is 1.26. The van der Waals surface area contributed by atoms with Gasteiger partial charge in [0.1, 0.15) is 48.0 Å². The maximum Gasteiger partial charge on any atom is 0.341 e. The van der Waals surface area contributed by atoms with Crippen LogP contribution in [0, 0.1) is 18.8 Å². The van der Waals surface area contributed by atoms with E-state index < -0.39 is 126 Å². The van der Waals surface area contributed by atoms with Crippen LogP contribution in [0.15, 0.2) is 128 Å². The first kappa shape index (κ1) is 72.9. The van der Waals surface area contributed by atoms with Gasteiger partial charge in [0.25, 0.3) is 0 Å². The molecule has 1 heterocycles. The molecule has 0 unspecified atom stereocenters. The van der Waals surface area contributed by atoms with Crippen molar-refractivity contribution in [1.82, 2.24) is 47.5 Å². The predicted molar refractivity (Wildman–Crippen MR) is 343 cm³/mol. The zero-order chi connectivity index (χ0) is 67.4. The van der Waals surface area contributed by atoms with Gasteiger partial charge in [-0.15, -0.1) is 0 Å². The summed E-state index contributed by atoms with van der Waals surface area (Å²) in [6.45, 7) is 11.4. The molecule has 5 aromatic rings. The molecule has 0 saturated heterocycles. The summed E-state index contributed by atoms with van der Waals surface area (Å²) in [7, 11) is 0. The zero-order valence-electron chi connectivity index (χ0n) is 53.0. The predicted octanol–water partition coefficient (Wildman–Crippen LogP) is 3.58. The number of carbonyl (C=O) groups is 11. The van der Waals surface area contributed by atoms with Crippen LogP contribution < -0.4 is 53.0 Å². The molecular formula is C68H86N10O14. The van der Waals surface area contributed by atoms with Crippen LogP contribution in [0.25, 0.3) is 11.1 Å². The Balaban J connectivity index is 1.47. The molecule has 24 nitrogen and oxygen atoms in total. The Kier molecular flexibility index (Phi) is 29.1. The Morgan fingerprint density at radius 1 is 0.500 bits per heavy atom. The van der Waals surface area contributed by atoms with Crippen LogP contribution in [-0.2, 0) is 78.4 Å². The topological polar surface area (TPSA) is 373 Å². The van der Waals surface area contributed by atoms with Crippen LogP contribution >= 0.6 is 0 Å². The fourth-order valence-corrected chi connectivity index (χ4v) is 9.96. The maximum absolute atomic E-state index is 14.9. The third kappa shape index (κ3) is 24.5. The molecule has 0 aliphatic rings. The quantitative estimate of drug-likeness (QED) is 0.0271. The number of rotatable bonds is 37. The molecule has 92 heavy (non-hydrogen) atoms. The first-order valence-electron chi connectivity index (χ1n) is 30.7. The second kappa shape index (κ2) is 36.7. The number of Topliss-reactive ketones (excluding diaryl/α,β-unsaturated/α-hetero) is 1. The summed E-state index contributed by atoms with van der Waals surface area (Å²) in [6, 6.07) is 22.0. The van der Waals surface area contributed by atoms with Crippen LogP contribution in [0.5, 0.6) is 5.75 Å². The first-order valence-corrected chi connectivity index (χ1v) is 30.7. The number of carboxylic acids is 2. The molecule has 0 fully saturated rings. The van der Waals surface area contributed by atoms with Crippen molar-refractivity contribution < 1.29 is 67.7 Å². The molecule has 24 heteroatoms. The molecule has 8 atom stereocenters. The molecule has 8 amide bonds. The van der Waals surface area contributed by atoms with E-state index >= 15 is 0 Å². The fourth-order valence-electron chi connectivity index (χ4n) is 9.96. The number of hydrogen-bond donors (Lipinski definition) is 11. The lowest BCUT2D eigenvalue weighted by Gasteiger charge is -2.29. The number of carbonyl (C=O) groups excluding carboxylic acids is 9. The second-order valence-corrected chi connectivity index (χ2v) is 23.4. The highest BCUT2D eigenvalue weighted by atomic mass is 16.5. The highest BCUT2D eigenvalue weighted by Crippen LogP contribution is 2.21. The lowest BCUT2D eigenvalue weighted by molar-refractivity contribution is -0.141. The summed E-state index contributed by atoms with van der Waals surface area (Å²) in [5.74, 6) is -10.2. The number of aromatic nitrogens is 1. The summed E-state index contributed by atoms with van der Waals surface area (Å²) in [6.07, 6.45) is 2.10. The van der Waals surface area contributed by atoms with E-state index in [0.717, 1.165) is 16.7 Å². The van der Waals surface area contributed by atoms with Crippen LogP contribution in [0.4, 0.5) is 0 Å². The number of benzene rings is 4. The number of carboxylic acid groups (broad SMARTS) is 2. The molecular weight excluding hydrogens is 1180 g/mol. The van der Waals surface area contributed by atoms with E-state index in [9.17, 15) is 57.8 Å². The smallest absolute Gasteiger partial charge is 0.341 e. The van der Waals surface area contributed by atoms with Gasteiger partial charge in [0, 0.05) is 44.5 Å². The minimum atomic E-state index is -1.90. The van der Waals surface area contributed by atoms with Gasteiger partial charge >= 0.3 is 11.9 Å². The number of nitrogens with zero attached hydrogens (tertiary/aromatic N) is 1. The van der Waals surface area contributed by atoms with Gasteiger partial charge in [-0.25, -0.2) is 4.79 Å². The molecule has 0 bridgehead atoms. The van der Waals surface area contributed by atoms with Gasteiger partial charge in [-0.05, 0) is 109 Å². The number of amides is 8. The van der Waals surface area contributed by atoms with Gasteiger partial charge in [0.05, 0.1) is 12.5 Å². The third-order valence-electron chi connectivity index (χ3n) is 14.9. The van der Waals surface area contributed by atoms with Gasteiger partial charge in [-0.3, -0.25) is 52.9 Å². The minimum Gasteiger partial charge on any atom is -0.482 e. The number of hydrogen-bond acceptors (Lipinski definition) is 14. The second-order valence-electron chi connectivity index (χ2n) is 23.4. The van der Waals surface area contributed by atoms with E-state index in [4.69, 9.17) is 15.6 Å². The van der Waals surface area contributed by atoms with Gasteiger partial charge < -0.3 is 63.2 Å². The molecule has 0 aliphatic carbocycles. The largest absolute Gasteiger partial charge is 0.482 e. The normalized spacial score (nSPS) is 13.7. The Bertz CT molecular complexity index is 3310. The molecule has 0 spiro atoms. The van der Waals surface area contributed by atoms with Crippen molar-refractivity contribution in [3.63, 3.8) is 0 Å². The number of nitrogens with one attached hydrogen (secondary N) is 8. The zero-order valence-corrected chi connectivity index (χ0v) is 53.0. The Labute approximate surface area is 535 Å². The Hall–Kier alpha value is -9.84. The maximum atomic E-state index is 14.9. The number of ether oxygens (including phenoxy) is 1. The Morgan fingerprint density at radius 2 is 0.967 bits per heavy atom. The molecule has 4 aromatic carbocycles. The molecule has 1 aromatic heterocycles. The van der Waals surface area contributed by atoms with E-state index in [1.165, 1.54) is 43.6 Å². The summed E-state index contributed by atoms with van der Waals surface area (Å²) >= 11 is 0. The van der Waals surface area contributed by atoms with E-state index in [2.05, 4.69) is 47.5 Å². The van der Waals surface area contributed by atoms with E-state index in [0.29, 0.717) is 28.7 Å². The van der Waals surface area contributed by atoms with Crippen molar-refractivity contribution in [3.8, 4) is 16.9 Å². The molecule has 0 saturated carbocycles. The van der Waals surface area contributed by atoms with E-state index in [1.54, 1.807) is 90.1 Å². The number of ketones is 1. The number of nitrogens with two attached hydrogens (primary N) is 1. The van der Waals surface area contributed by atoms with Gasteiger partial charge in [-0.2, -0.15) is 0 Å². The van der Waals surface area contributed by atoms with Crippen molar-refractivity contribution in [3.05, 3.63) is 155 Å². The SMILES string of the molecule is CCC(=O)N[C@@H](Cc1ccncc1)C(=O)N[C@@H](Cc1ccc(OCC(=O)O)cc1)C(=O)N[C@@H](CC(=O)O)C(=O)N[C@@H](Cc1cccc(C)c1)C(=O)N[C@@H](CC(C)C)C(=O)N[C@@H](Cc1ccc(-c2ccccc2)cc1)C(=O)N[C@H](C(=O)N[C@@H](CCCN)C(C)=O)C(C)C. The van der Waals surface area contributed by atoms with Crippen molar-refractivity contribution >= 4 is 65.0 Å². The fraction of sp³-hybridized carbons (Fsp3) is 0.412. The van der Waals surface area contributed by atoms with Crippen molar-refractivity contribution in [2.45, 2.75) is 155 Å². The van der Waals surface area contributed by atoms with Gasteiger partial charge in [-0.1, -0.05) is 131 Å². The molecule has 492 valence electrons. The highest BCUT2D eigenvalue weighted by Gasteiger charge is 2.37. The van der Waals surface area contributed by atoms with Gasteiger partial charge in [0.2, 0.25) is 47.3 Å². The van der Waals surface area contributed by atoms with Gasteiger partial charge in [0.15, 0.2) is 12.4 Å². The molecule has 5 rings (SSSR count). The standard InChI is InChI=1S/C68H86N10O14/c1-8-58(80)71-53(36-46-27-30-70-31-28-46)63(86)74-54(35-45-21-25-50(26-22-45)92-39-60(83)84)64(87)77-57(38-59(81)82)66(89)76-56(37-47-15-12-14-42(6)33-47)65(88)73-52(32-40(2)3)62(85)75-55(34-44-19-23-49(24-20-44)48-16-10-9-11-17-48)67(90)78-61(41(4)5)68(91)72-51(43(7)79)18-13-29-69/h9-12,14-17,19-28,30-31,33,40-41,51-57,61H,8,13,18,29,32,34-39,69H2,1-7H3,(H,71,80)(H,72,91)(H,73,88)(H,74,86)(H,75,85)(H,76,89)(H,77,87)(H,78,90)(H,81,82)(H,83,84)/t51-,52-,53-,54-,55-,56-,57-,61-/m0/s1. The highest BCUT2D eigenvalue weighted by molar-refractivity contribution is 5.99. The number of aliphatic carboxylic acids is 2. The molecule has 0 radical (unpaired) electrons. The Morgan fingerprint density at radius 3 is 1.47 bits per heavy atom. The summed E-state index contributed by atoms with van der Waals surface area (Å²) in [4.78, 5) is 155. The van der Waals surface area contributed by atoms with Crippen LogP contribution in [-0.4, -0.2) is 142 Å². The van der Waals surface area contributed by atoms with Crippen molar-refractivity contribution in [2.75, 3.05) is 13.2 Å². The van der Waals surface area contributed by atoms with Crippen LogP contribution in [0.2, 0.25) is 0 Å². The summed E-state index contributed by atoms with van der Waals surface area (Å²) in [5, 5.41) is 40.9. The number of pyridine rings is 1. The number of aryl methyl sites for hydroxylation is 1. The minimum absolute atomic E-state index is 0.00346. The van der Waals surface area contributed by atoms with E-state index in [1.807, 2.05) is 42.5 Å². The van der Waals surface area contributed by atoms with E-state index in [-0.39, 0.29) is 68.9 Å². The lowest BCUT2D eigenvalue weighted by Crippen LogP contribution is -2.61. The van der Waals surface area contributed by atoms with Crippen molar-refractivity contribution in [2.24, 2.45) is 17.6 Å². The lowest BCUT2D eigenvalue weighted by atomic mass is 9.97. The van der Waals surface area contributed by atoms with Crippen LogP contribution in [0.1, 0.15) is 101 Å². The van der Waals surface area contributed by atoms with Crippen molar-refractivity contribution in [1.29, 1.82) is 0 Å². The van der Waals surface area contributed by atoms with Crippen LogP contribution in [0.3, 0.4) is 0 Å². The monoisotopic (exact) mass is 1270 g/mol. The third-order valence-corrected chi connectivity index (χ3v) is 14.9. The summed E-state index contributed by atoms with van der Waals surface area (Å²) in [5.41, 5.74) is 10.5. The molecule has 0 aliphatic heterocycles. The average molecular weight is 1270 g/mol. The summed E-state index contributed by atoms with van der Waals surface area (Å²) < 4.78 is 5.26. The molecule has 12 N–H and O–H groups in total.